The number of piperidine rings is 1. The second-order valence-corrected chi connectivity index (χ2v) is 10.4. The Kier molecular flexibility index (Phi) is 6.14. The molecule has 176 valence electrons. The fourth-order valence-corrected chi connectivity index (χ4v) is 6.38. The van der Waals surface area contributed by atoms with Gasteiger partial charge in [-0.15, -0.1) is 11.3 Å². The van der Waals surface area contributed by atoms with Crippen LogP contribution in [0.25, 0.3) is 0 Å². The van der Waals surface area contributed by atoms with E-state index in [1.807, 2.05) is 19.4 Å². The maximum absolute atomic E-state index is 13.5. The SMILES string of the molecule is CCC1(C2CCN(Cc3ccc4c(c3)CCO4)CC2)NC(=O)N(CCc2scnc2C)C1=O. The van der Waals surface area contributed by atoms with Crippen LogP contribution < -0.4 is 10.1 Å². The number of amides is 3. The van der Waals surface area contributed by atoms with Crippen LogP contribution in [0.1, 0.15) is 47.9 Å². The summed E-state index contributed by atoms with van der Waals surface area (Å²) in [5, 5.41) is 3.12. The maximum Gasteiger partial charge on any atom is 0.325 e. The minimum atomic E-state index is -0.767. The van der Waals surface area contributed by atoms with Crippen LogP contribution in [0.4, 0.5) is 4.79 Å². The molecule has 8 heteroatoms. The van der Waals surface area contributed by atoms with Crippen molar-refractivity contribution < 1.29 is 14.3 Å². The first-order valence-electron chi connectivity index (χ1n) is 12.0. The van der Waals surface area contributed by atoms with Crippen LogP contribution >= 0.6 is 11.3 Å². The third-order valence-electron chi connectivity index (χ3n) is 7.61. The Morgan fingerprint density at radius 3 is 2.82 bits per heavy atom. The van der Waals surface area contributed by atoms with Gasteiger partial charge in [-0.2, -0.15) is 0 Å². The van der Waals surface area contributed by atoms with Gasteiger partial charge in [0.25, 0.3) is 5.91 Å². The van der Waals surface area contributed by atoms with Gasteiger partial charge in [0, 0.05) is 30.8 Å². The summed E-state index contributed by atoms with van der Waals surface area (Å²) in [4.78, 5) is 35.6. The summed E-state index contributed by atoms with van der Waals surface area (Å²) in [5.74, 6) is 1.14. The first-order valence-corrected chi connectivity index (χ1v) is 12.9. The summed E-state index contributed by atoms with van der Waals surface area (Å²) in [6.45, 7) is 7.97. The zero-order chi connectivity index (χ0) is 23.0. The first-order chi connectivity index (χ1) is 16.0. The van der Waals surface area contributed by atoms with E-state index in [2.05, 4.69) is 33.4 Å². The van der Waals surface area contributed by atoms with Crippen LogP contribution in [0.15, 0.2) is 23.7 Å². The van der Waals surface area contributed by atoms with Gasteiger partial charge in [-0.3, -0.25) is 14.6 Å². The van der Waals surface area contributed by atoms with E-state index in [1.54, 1.807) is 11.3 Å². The number of urea groups is 1. The fourth-order valence-electron chi connectivity index (χ4n) is 5.61. The highest BCUT2D eigenvalue weighted by atomic mass is 32.1. The molecule has 0 bridgehead atoms. The van der Waals surface area contributed by atoms with E-state index in [9.17, 15) is 9.59 Å². The average Bonchev–Trinajstić information content (AvgIpc) is 3.51. The number of ether oxygens (including phenoxy) is 1. The topological polar surface area (TPSA) is 74.8 Å². The Balaban J connectivity index is 1.21. The maximum atomic E-state index is 13.5. The number of hydrogen-bond donors (Lipinski definition) is 1. The van der Waals surface area contributed by atoms with Crippen molar-refractivity contribution >= 4 is 23.3 Å². The molecule has 0 radical (unpaired) electrons. The summed E-state index contributed by atoms with van der Waals surface area (Å²) in [7, 11) is 0. The summed E-state index contributed by atoms with van der Waals surface area (Å²) in [5.41, 5.74) is 4.66. The number of fused-ring (bicyclic) bond motifs is 1. The number of imide groups is 1. The zero-order valence-electron chi connectivity index (χ0n) is 19.4. The normalized spacial score (nSPS) is 23.6. The van der Waals surface area contributed by atoms with Crippen LogP contribution in [0, 0.1) is 12.8 Å². The van der Waals surface area contributed by atoms with Gasteiger partial charge in [0.1, 0.15) is 11.3 Å². The van der Waals surface area contributed by atoms with Crippen molar-refractivity contribution in [2.24, 2.45) is 5.92 Å². The summed E-state index contributed by atoms with van der Waals surface area (Å²) >= 11 is 1.58. The van der Waals surface area contributed by atoms with Gasteiger partial charge in [0.05, 0.1) is 17.8 Å². The second kappa shape index (κ2) is 9.06. The molecule has 2 saturated heterocycles. The van der Waals surface area contributed by atoms with Crippen LogP contribution in [-0.4, -0.2) is 58.5 Å². The molecule has 1 N–H and O–H groups in total. The molecule has 0 aliphatic carbocycles. The number of nitrogens with one attached hydrogen (secondary N) is 1. The molecule has 3 aliphatic rings. The molecule has 7 nitrogen and oxygen atoms in total. The van der Waals surface area contributed by atoms with E-state index >= 15 is 0 Å². The first kappa shape index (κ1) is 22.3. The Morgan fingerprint density at radius 1 is 1.27 bits per heavy atom. The van der Waals surface area contributed by atoms with Crippen LogP contribution in [0.3, 0.4) is 0 Å². The molecule has 33 heavy (non-hydrogen) atoms. The summed E-state index contributed by atoms with van der Waals surface area (Å²) < 4.78 is 5.62. The fraction of sp³-hybridized carbons (Fsp3) is 0.560. The number of benzene rings is 1. The molecule has 1 aromatic carbocycles. The number of nitrogens with zero attached hydrogens (tertiary/aromatic N) is 3. The lowest BCUT2D eigenvalue weighted by Crippen LogP contribution is -2.55. The van der Waals surface area contributed by atoms with Gasteiger partial charge < -0.3 is 10.1 Å². The predicted octanol–water partition coefficient (Wildman–Crippen LogP) is 3.54. The number of aromatic nitrogens is 1. The molecule has 4 heterocycles. The van der Waals surface area contributed by atoms with Crippen molar-refractivity contribution in [3.8, 4) is 5.75 Å². The lowest BCUT2D eigenvalue weighted by molar-refractivity contribution is -0.134. The van der Waals surface area contributed by atoms with Crippen molar-refractivity contribution in [2.45, 2.75) is 58.0 Å². The standard InChI is InChI=1S/C25H32N4O3S/c1-3-25(23(30)29(24(31)27-25)12-8-22-17(2)26-16-33-22)20-6-10-28(11-7-20)15-18-4-5-21-19(14-18)9-13-32-21/h4-5,14,16,20H,3,6-13,15H2,1-2H3,(H,27,31). The summed E-state index contributed by atoms with van der Waals surface area (Å²) in [6, 6.07) is 6.27. The summed E-state index contributed by atoms with van der Waals surface area (Å²) in [6.07, 6.45) is 4.11. The number of carbonyl (C=O) groups excluding carboxylic acids is 2. The molecule has 0 spiro atoms. The minimum Gasteiger partial charge on any atom is -0.493 e. The highest BCUT2D eigenvalue weighted by Gasteiger charge is 2.54. The van der Waals surface area contributed by atoms with Gasteiger partial charge in [0.2, 0.25) is 0 Å². The lowest BCUT2D eigenvalue weighted by Gasteiger charge is -2.40. The second-order valence-electron chi connectivity index (χ2n) is 9.41. The van der Waals surface area contributed by atoms with E-state index in [-0.39, 0.29) is 17.9 Å². The van der Waals surface area contributed by atoms with Crippen LogP contribution in [0.5, 0.6) is 5.75 Å². The number of carbonyl (C=O) groups is 2. The molecule has 3 aliphatic heterocycles. The number of likely N-dealkylation sites (tertiary alicyclic amines) is 1. The van der Waals surface area contributed by atoms with Gasteiger partial charge in [-0.1, -0.05) is 19.1 Å². The van der Waals surface area contributed by atoms with E-state index in [1.165, 1.54) is 16.0 Å². The molecule has 3 amide bonds. The van der Waals surface area contributed by atoms with E-state index < -0.39 is 5.54 Å². The lowest BCUT2D eigenvalue weighted by atomic mass is 9.75. The largest absolute Gasteiger partial charge is 0.493 e. The molecular formula is C25H32N4O3S. The van der Waals surface area contributed by atoms with Crippen molar-refractivity contribution in [1.29, 1.82) is 0 Å². The number of aryl methyl sites for hydroxylation is 1. The zero-order valence-corrected chi connectivity index (χ0v) is 20.2. The third kappa shape index (κ3) is 4.15. The Morgan fingerprint density at radius 2 is 2.09 bits per heavy atom. The average molecular weight is 469 g/mol. The molecule has 1 unspecified atom stereocenters. The van der Waals surface area contributed by atoms with Crippen LogP contribution in [0.2, 0.25) is 0 Å². The Bertz CT molecular complexity index is 1050. The molecule has 5 rings (SSSR count). The van der Waals surface area contributed by atoms with Gasteiger partial charge >= 0.3 is 6.03 Å². The Labute approximate surface area is 199 Å². The monoisotopic (exact) mass is 468 g/mol. The number of rotatable bonds is 7. The van der Waals surface area contributed by atoms with Crippen molar-refractivity contribution in [3.63, 3.8) is 0 Å². The third-order valence-corrected chi connectivity index (χ3v) is 8.61. The highest BCUT2D eigenvalue weighted by molar-refractivity contribution is 7.09. The predicted molar refractivity (Wildman–Crippen MR) is 127 cm³/mol. The van der Waals surface area contributed by atoms with E-state index in [0.29, 0.717) is 19.4 Å². The minimum absolute atomic E-state index is 0.0470. The molecule has 1 aromatic heterocycles. The van der Waals surface area contributed by atoms with Crippen molar-refractivity contribution in [1.82, 2.24) is 20.1 Å². The highest BCUT2D eigenvalue weighted by Crippen LogP contribution is 2.37. The molecule has 1 atom stereocenters. The van der Waals surface area contributed by atoms with Gasteiger partial charge in [0.15, 0.2) is 0 Å². The van der Waals surface area contributed by atoms with Crippen molar-refractivity contribution in [2.75, 3.05) is 26.2 Å². The number of hydrogen-bond acceptors (Lipinski definition) is 6. The molecular weight excluding hydrogens is 436 g/mol. The van der Waals surface area contributed by atoms with Gasteiger partial charge in [-0.05, 0) is 62.4 Å². The number of thiazole rings is 1. The van der Waals surface area contributed by atoms with E-state index in [4.69, 9.17) is 4.74 Å². The smallest absolute Gasteiger partial charge is 0.325 e. The molecule has 2 fully saturated rings. The van der Waals surface area contributed by atoms with Crippen LogP contribution in [-0.2, 0) is 24.2 Å². The quantitative estimate of drug-likeness (QED) is 0.629. The van der Waals surface area contributed by atoms with Gasteiger partial charge in [-0.25, -0.2) is 9.78 Å². The molecule has 2 aromatic rings. The molecule has 0 saturated carbocycles. The van der Waals surface area contributed by atoms with E-state index in [0.717, 1.165) is 61.8 Å². The van der Waals surface area contributed by atoms with Crippen molar-refractivity contribution in [3.05, 3.63) is 45.4 Å². The Hall–Kier alpha value is -2.45.